The number of rotatable bonds is 5. The highest BCUT2D eigenvalue weighted by atomic mass is 16.2. The quantitative estimate of drug-likeness (QED) is 0.618. The number of aromatic amines is 1. The molecule has 2 aromatic heterocycles. The number of urea groups is 1. The minimum atomic E-state index is -0.155. The lowest BCUT2D eigenvalue weighted by molar-refractivity contribution is 0.246. The van der Waals surface area contributed by atoms with E-state index in [2.05, 4.69) is 43.7 Å². The van der Waals surface area contributed by atoms with Gasteiger partial charge in [-0.2, -0.15) is 5.10 Å². The Hall–Kier alpha value is -3.35. The molecule has 1 unspecified atom stereocenters. The van der Waals surface area contributed by atoms with Gasteiger partial charge < -0.3 is 15.5 Å². The van der Waals surface area contributed by atoms with Crippen LogP contribution in [0.1, 0.15) is 25.3 Å². The molecular weight excluding hydrogens is 364 g/mol. The van der Waals surface area contributed by atoms with Gasteiger partial charge in [0.2, 0.25) is 0 Å². The number of benzene rings is 1. The van der Waals surface area contributed by atoms with Crippen LogP contribution in [0.2, 0.25) is 0 Å². The molecule has 1 aliphatic rings. The van der Waals surface area contributed by atoms with Crippen molar-refractivity contribution in [2.75, 3.05) is 23.3 Å². The van der Waals surface area contributed by atoms with Gasteiger partial charge in [-0.15, -0.1) is 0 Å². The van der Waals surface area contributed by atoms with Gasteiger partial charge in [-0.3, -0.25) is 10.1 Å². The molecule has 4 rings (SSSR count). The van der Waals surface area contributed by atoms with E-state index in [4.69, 9.17) is 0 Å². The average Bonchev–Trinajstić information content (AvgIpc) is 3.25. The maximum Gasteiger partial charge on any atom is 0.319 e. The summed E-state index contributed by atoms with van der Waals surface area (Å²) in [6, 6.07) is 13.8. The molecule has 1 aliphatic heterocycles. The number of anilines is 2. The number of piperidine rings is 1. The van der Waals surface area contributed by atoms with Gasteiger partial charge in [-0.05, 0) is 43.0 Å². The van der Waals surface area contributed by atoms with Gasteiger partial charge in [0.05, 0.1) is 5.69 Å². The molecule has 1 atom stereocenters. The lowest BCUT2D eigenvalue weighted by Gasteiger charge is -2.33. The SMILES string of the molecule is CCc1ccccc1NC(=O)NC1CCCN(c2cc(-c3ccncc3)[nH]n2)C1. The van der Waals surface area contributed by atoms with E-state index in [0.29, 0.717) is 0 Å². The number of hydrogen-bond donors (Lipinski definition) is 3. The summed E-state index contributed by atoms with van der Waals surface area (Å²) >= 11 is 0. The van der Waals surface area contributed by atoms with E-state index in [1.54, 1.807) is 12.4 Å². The minimum Gasteiger partial charge on any atom is -0.353 e. The van der Waals surface area contributed by atoms with Crippen molar-refractivity contribution in [1.82, 2.24) is 20.5 Å². The van der Waals surface area contributed by atoms with Crippen molar-refractivity contribution in [2.45, 2.75) is 32.2 Å². The van der Waals surface area contributed by atoms with E-state index >= 15 is 0 Å². The third-order valence-electron chi connectivity index (χ3n) is 5.28. The Labute approximate surface area is 170 Å². The van der Waals surface area contributed by atoms with E-state index in [0.717, 1.165) is 60.7 Å². The molecular formula is C22H26N6O. The van der Waals surface area contributed by atoms with Crippen molar-refractivity contribution in [2.24, 2.45) is 0 Å². The lowest BCUT2D eigenvalue weighted by atomic mass is 10.1. The summed E-state index contributed by atoms with van der Waals surface area (Å²) in [7, 11) is 0. The van der Waals surface area contributed by atoms with E-state index < -0.39 is 0 Å². The normalized spacial score (nSPS) is 16.4. The van der Waals surface area contributed by atoms with Crippen molar-refractivity contribution < 1.29 is 4.79 Å². The van der Waals surface area contributed by atoms with Crippen molar-refractivity contribution in [3.8, 4) is 11.3 Å². The molecule has 0 spiro atoms. The number of nitrogens with one attached hydrogen (secondary N) is 3. The number of aromatic nitrogens is 3. The van der Waals surface area contributed by atoms with Crippen LogP contribution in [0.4, 0.5) is 16.3 Å². The molecule has 2 amide bonds. The molecule has 0 aliphatic carbocycles. The van der Waals surface area contributed by atoms with Crippen LogP contribution < -0.4 is 15.5 Å². The second-order valence-electron chi connectivity index (χ2n) is 7.27. The van der Waals surface area contributed by atoms with E-state index in [-0.39, 0.29) is 12.1 Å². The number of hydrogen-bond acceptors (Lipinski definition) is 4. The van der Waals surface area contributed by atoms with E-state index in [1.165, 1.54) is 0 Å². The molecule has 0 radical (unpaired) electrons. The molecule has 1 saturated heterocycles. The van der Waals surface area contributed by atoms with Crippen LogP contribution in [0.25, 0.3) is 11.3 Å². The third kappa shape index (κ3) is 4.56. The van der Waals surface area contributed by atoms with Gasteiger partial charge in [-0.1, -0.05) is 25.1 Å². The fraction of sp³-hybridized carbons (Fsp3) is 0.318. The Morgan fingerprint density at radius 1 is 1.24 bits per heavy atom. The Kier molecular flexibility index (Phi) is 5.74. The predicted octanol–water partition coefficient (Wildman–Crippen LogP) is 3.82. The highest BCUT2D eigenvalue weighted by Gasteiger charge is 2.23. The van der Waals surface area contributed by atoms with Gasteiger partial charge in [0, 0.05) is 48.8 Å². The molecule has 7 nitrogen and oxygen atoms in total. The first-order chi connectivity index (χ1) is 14.2. The summed E-state index contributed by atoms with van der Waals surface area (Å²) in [6.45, 7) is 3.75. The number of H-pyrrole nitrogens is 1. The molecule has 150 valence electrons. The van der Waals surface area contributed by atoms with Crippen LogP contribution in [0.3, 0.4) is 0 Å². The average molecular weight is 390 g/mol. The van der Waals surface area contributed by atoms with Crippen LogP contribution >= 0.6 is 0 Å². The zero-order valence-electron chi connectivity index (χ0n) is 16.6. The van der Waals surface area contributed by atoms with E-state index in [1.807, 2.05) is 36.4 Å². The second-order valence-corrected chi connectivity index (χ2v) is 7.27. The second kappa shape index (κ2) is 8.77. The first kappa shape index (κ1) is 19.0. The monoisotopic (exact) mass is 390 g/mol. The summed E-state index contributed by atoms with van der Waals surface area (Å²) < 4.78 is 0. The maximum atomic E-state index is 12.5. The van der Waals surface area contributed by atoms with Gasteiger partial charge >= 0.3 is 6.03 Å². The van der Waals surface area contributed by atoms with Crippen LogP contribution in [-0.4, -0.2) is 40.3 Å². The molecule has 3 N–H and O–H groups in total. The molecule has 0 saturated carbocycles. The predicted molar refractivity (Wildman–Crippen MR) is 115 cm³/mol. The van der Waals surface area contributed by atoms with Gasteiger partial charge in [-0.25, -0.2) is 4.79 Å². The Morgan fingerprint density at radius 3 is 2.90 bits per heavy atom. The molecule has 29 heavy (non-hydrogen) atoms. The third-order valence-corrected chi connectivity index (χ3v) is 5.28. The topological polar surface area (TPSA) is 85.9 Å². The first-order valence-corrected chi connectivity index (χ1v) is 10.1. The Morgan fingerprint density at radius 2 is 2.07 bits per heavy atom. The van der Waals surface area contributed by atoms with Gasteiger partial charge in [0.1, 0.15) is 0 Å². The zero-order valence-corrected chi connectivity index (χ0v) is 16.6. The van der Waals surface area contributed by atoms with Crippen LogP contribution in [0.5, 0.6) is 0 Å². The fourth-order valence-electron chi connectivity index (χ4n) is 3.75. The molecule has 1 fully saturated rings. The van der Waals surface area contributed by atoms with Crippen LogP contribution in [0.15, 0.2) is 54.9 Å². The maximum absolute atomic E-state index is 12.5. The summed E-state index contributed by atoms with van der Waals surface area (Å²) in [5.41, 5.74) is 4.02. The van der Waals surface area contributed by atoms with Crippen molar-refractivity contribution in [1.29, 1.82) is 0 Å². The number of amides is 2. The number of pyridine rings is 1. The zero-order chi connectivity index (χ0) is 20.1. The number of nitrogens with zero attached hydrogens (tertiary/aromatic N) is 3. The standard InChI is InChI=1S/C22H26N6O/c1-2-16-6-3-4-8-19(16)25-22(29)24-18-7-5-13-28(15-18)21-14-20(26-27-21)17-9-11-23-12-10-17/h3-4,6,8-12,14,18H,2,5,7,13,15H2,1H3,(H,26,27)(H2,24,25,29). The highest BCUT2D eigenvalue weighted by Crippen LogP contribution is 2.24. The smallest absolute Gasteiger partial charge is 0.319 e. The van der Waals surface area contributed by atoms with Crippen LogP contribution in [0, 0.1) is 0 Å². The fourth-order valence-corrected chi connectivity index (χ4v) is 3.75. The van der Waals surface area contributed by atoms with Crippen molar-refractivity contribution >= 4 is 17.5 Å². The summed E-state index contributed by atoms with van der Waals surface area (Å²) in [5, 5.41) is 13.7. The summed E-state index contributed by atoms with van der Waals surface area (Å²) in [4.78, 5) is 18.8. The highest BCUT2D eigenvalue weighted by molar-refractivity contribution is 5.90. The minimum absolute atomic E-state index is 0.0821. The Bertz CT molecular complexity index is 955. The van der Waals surface area contributed by atoms with Crippen molar-refractivity contribution in [3.63, 3.8) is 0 Å². The van der Waals surface area contributed by atoms with E-state index in [9.17, 15) is 4.79 Å². The number of carbonyl (C=O) groups is 1. The first-order valence-electron chi connectivity index (χ1n) is 10.1. The number of para-hydroxylation sites is 1. The summed E-state index contributed by atoms with van der Waals surface area (Å²) in [5.74, 6) is 0.903. The Balaban J connectivity index is 1.37. The molecule has 1 aromatic carbocycles. The van der Waals surface area contributed by atoms with Gasteiger partial charge in [0.15, 0.2) is 5.82 Å². The molecule has 0 bridgehead atoms. The molecule has 3 heterocycles. The molecule has 3 aromatic rings. The summed E-state index contributed by atoms with van der Waals surface area (Å²) in [6.07, 6.45) is 6.39. The largest absolute Gasteiger partial charge is 0.353 e. The van der Waals surface area contributed by atoms with Crippen LogP contribution in [-0.2, 0) is 6.42 Å². The molecule has 7 heteroatoms. The number of carbonyl (C=O) groups excluding carboxylic acids is 1. The number of aryl methyl sites for hydroxylation is 1. The van der Waals surface area contributed by atoms with Gasteiger partial charge in [0.25, 0.3) is 0 Å². The lowest BCUT2D eigenvalue weighted by Crippen LogP contribution is -2.49. The van der Waals surface area contributed by atoms with Crippen molar-refractivity contribution in [3.05, 3.63) is 60.4 Å².